The van der Waals surface area contributed by atoms with Gasteiger partial charge in [-0.3, -0.25) is 4.68 Å². The molecule has 4 nitrogen and oxygen atoms in total. The van der Waals surface area contributed by atoms with Crippen molar-refractivity contribution in [2.45, 2.75) is 58.8 Å². The number of aliphatic hydroxyl groups is 1. The Morgan fingerprint density at radius 3 is 2.94 bits per heavy atom. The van der Waals surface area contributed by atoms with E-state index in [1.54, 1.807) is 6.20 Å². The summed E-state index contributed by atoms with van der Waals surface area (Å²) in [6, 6.07) is 0. The molecule has 17 heavy (non-hydrogen) atoms. The number of hydrogen-bond donors (Lipinski definition) is 1. The maximum absolute atomic E-state index is 9.80. The van der Waals surface area contributed by atoms with Gasteiger partial charge in [0.2, 0.25) is 0 Å². The second kappa shape index (κ2) is 4.69. The molecule has 1 heterocycles. The summed E-state index contributed by atoms with van der Waals surface area (Å²) in [5.41, 5.74) is -0.104. The maximum Gasteiger partial charge on any atom is 0.157 e. The van der Waals surface area contributed by atoms with Crippen molar-refractivity contribution in [2.75, 3.05) is 0 Å². The number of aromatic nitrogens is 2. The van der Waals surface area contributed by atoms with Crippen molar-refractivity contribution < 1.29 is 9.84 Å². The molecule has 0 aliphatic heterocycles. The molecular weight excluding hydrogens is 216 g/mol. The Morgan fingerprint density at radius 2 is 2.35 bits per heavy atom. The standard InChI is InChI=1S/C13H22N2O2/c1-4-6-15-9-10(8-14-15)17-12-7-11(16)13(12,3)5-2/h8-9,11-12,16H,4-7H2,1-3H3. The summed E-state index contributed by atoms with van der Waals surface area (Å²) < 4.78 is 7.81. The van der Waals surface area contributed by atoms with Crippen LogP contribution in [0.5, 0.6) is 5.75 Å². The summed E-state index contributed by atoms with van der Waals surface area (Å²) in [4.78, 5) is 0. The third-order valence-corrected chi connectivity index (χ3v) is 4.04. The first kappa shape index (κ1) is 12.4. The van der Waals surface area contributed by atoms with Gasteiger partial charge < -0.3 is 9.84 Å². The average Bonchev–Trinajstić information content (AvgIpc) is 2.76. The minimum atomic E-state index is -0.233. The summed E-state index contributed by atoms with van der Waals surface area (Å²) >= 11 is 0. The summed E-state index contributed by atoms with van der Waals surface area (Å²) in [5, 5.41) is 14.0. The predicted molar refractivity (Wildman–Crippen MR) is 66.0 cm³/mol. The normalized spacial score (nSPS) is 32.2. The molecule has 0 saturated heterocycles. The lowest BCUT2D eigenvalue weighted by atomic mass is 9.63. The minimum absolute atomic E-state index is 0.104. The van der Waals surface area contributed by atoms with E-state index in [4.69, 9.17) is 4.74 Å². The molecule has 96 valence electrons. The Balaban J connectivity index is 1.97. The summed E-state index contributed by atoms with van der Waals surface area (Å²) in [6.07, 6.45) is 6.30. The quantitative estimate of drug-likeness (QED) is 0.855. The minimum Gasteiger partial charge on any atom is -0.486 e. The summed E-state index contributed by atoms with van der Waals surface area (Å²) in [5.74, 6) is 0.815. The molecule has 4 heteroatoms. The van der Waals surface area contributed by atoms with E-state index in [0.717, 1.165) is 31.6 Å². The molecule has 0 spiro atoms. The zero-order chi connectivity index (χ0) is 12.5. The monoisotopic (exact) mass is 238 g/mol. The van der Waals surface area contributed by atoms with Crippen molar-refractivity contribution >= 4 is 0 Å². The van der Waals surface area contributed by atoms with Crippen molar-refractivity contribution in [1.82, 2.24) is 9.78 Å². The molecule has 1 aliphatic rings. The molecule has 0 amide bonds. The average molecular weight is 238 g/mol. The largest absolute Gasteiger partial charge is 0.486 e. The second-order valence-corrected chi connectivity index (χ2v) is 5.16. The predicted octanol–water partition coefficient (Wildman–Crippen LogP) is 2.22. The Kier molecular flexibility index (Phi) is 3.43. The SMILES string of the molecule is CCCn1cc(OC2CC(O)C2(C)CC)cn1. The van der Waals surface area contributed by atoms with Crippen LogP contribution in [0.4, 0.5) is 0 Å². The van der Waals surface area contributed by atoms with Gasteiger partial charge in [-0.1, -0.05) is 20.8 Å². The van der Waals surface area contributed by atoms with Gasteiger partial charge >= 0.3 is 0 Å². The fourth-order valence-corrected chi connectivity index (χ4v) is 2.36. The number of hydrogen-bond acceptors (Lipinski definition) is 3. The molecule has 1 N–H and O–H groups in total. The molecule has 2 rings (SSSR count). The van der Waals surface area contributed by atoms with Crippen LogP contribution in [0.1, 0.15) is 40.0 Å². The van der Waals surface area contributed by atoms with Gasteiger partial charge in [0.15, 0.2) is 5.75 Å². The first-order valence-corrected chi connectivity index (χ1v) is 6.47. The number of aliphatic hydroxyl groups excluding tert-OH is 1. The van der Waals surface area contributed by atoms with Gasteiger partial charge in [0.25, 0.3) is 0 Å². The first-order chi connectivity index (χ1) is 8.10. The van der Waals surface area contributed by atoms with Crippen LogP contribution in [-0.2, 0) is 6.54 Å². The van der Waals surface area contributed by atoms with Crippen LogP contribution >= 0.6 is 0 Å². The van der Waals surface area contributed by atoms with E-state index in [1.807, 2.05) is 10.9 Å². The summed E-state index contributed by atoms with van der Waals surface area (Å²) in [6.45, 7) is 7.22. The molecule has 1 saturated carbocycles. The van der Waals surface area contributed by atoms with Crippen molar-refractivity contribution in [2.24, 2.45) is 5.41 Å². The Bertz CT molecular complexity index is 377. The van der Waals surface area contributed by atoms with E-state index >= 15 is 0 Å². The number of ether oxygens (including phenoxy) is 1. The molecule has 3 atom stereocenters. The topological polar surface area (TPSA) is 47.3 Å². The zero-order valence-corrected chi connectivity index (χ0v) is 10.9. The van der Waals surface area contributed by atoms with Crippen molar-refractivity contribution in [3.05, 3.63) is 12.4 Å². The van der Waals surface area contributed by atoms with E-state index in [0.29, 0.717) is 0 Å². The molecule has 1 aromatic rings. The van der Waals surface area contributed by atoms with E-state index in [9.17, 15) is 5.11 Å². The first-order valence-electron chi connectivity index (χ1n) is 6.47. The highest BCUT2D eigenvalue weighted by Crippen LogP contribution is 2.45. The van der Waals surface area contributed by atoms with E-state index < -0.39 is 0 Å². The molecule has 1 aliphatic carbocycles. The van der Waals surface area contributed by atoms with Gasteiger partial charge in [-0.15, -0.1) is 0 Å². The lowest BCUT2D eigenvalue weighted by molar-refractivity contribution is -0.147. The molecule has 1 fully saturated rings. The summed E-state index contributed by atoms with van der Waals surface area (Å²) in [7, 11) is 0. The molecule has 0 bridgehead atoms. The number of nitrogens with zero attached hydrogens (tertiary/aromatic N) is 2. The van der Waals surface area contributed by atoms with Crippen LogP contribution < -0.4 is 4.74 Å². The molecule has 3 unspecified atom stereocenters. The Hall–Kier alpha value is -1.03. The maximum atomic E-state index is 9.80. The third kappa shape index (κ3) is 2.18. The van der Waals surface area contributed by atoms with Crippen LogP contribution in [-0.4, -0.2) is 27.1 Å². The van der Waals surface area contributed by atoms with Crippen LogP contribution in [0.2, 0.25) is 0 Å². The molecular formula is C13H22N2O2. The van der Waals surface area contributed by atoms with Crippen LogP contribution in [0.15, 0.2) is 12.4 Å². The van der Waals surface area contributed by atoms with Crippen molar-refractivity contribution in [3.63, 3.8) is 0 Å². The Labute approximate surface area is 103 Å². The fraction of sp³-hybridized carbons (Fsp3) is 0.769. The van der Waals surface area contributed by atoms with E-state index in [-0.39, 0.29) is 17.6 Å². The second-order valence-electron chi connectivity index (χ2n) is 5.16. The van der Waals surface area contributed by atoms with Crippen molar-refractivity contribution in [1.29, 1.82) is 0 Å². The van der Waals surface area contributed by atoms with Crippen LogP contribution in [0, 0.1) is 5.41 Å². The number of rotatable bonds is 5. The van der Waals surface area contributed by atoms with Gasteiger partial charge in [0, 0.05) is 18.4 Å². The highest BCUT2D eigenvalue weighted by Gasteiger charge is 2.51. The van der Waals surface area contributed by atoms with Gasteiger partial charge in [-0.2, -0.15) is 5.10 Å². The van der Waals surface area contributed by atoms with Gasteiger partial charge in [-0.05, 0) is 12.8 Å². The smallest absolute Gasteiger partial charge is 0.157 e. The van der Waals surface area contributed by atoms with Crippen LogP contribution in [0.25, 0.3) is 0 Å². The lowest BCUT2D eigenvalue weighted by Gasteiger charge is -2.50. The van der Waals surface area contributed by atoms with Gasteiger partial charge in [-0.25, -0.2) is 0 Å². The van der Waals surface area contributed by atoms with E-state index in [1.165, 1.54) is 0 Å². The van der Waals surface area contributed by atoms with Crippen LogP contribution in [0.3, 0.4) is 0 Å². The molecule has 0 aromatic carbocycles. The highest BCUT2D eigenvalue weighted by atomic mass is 16.5. The third-order valence-electron chi connectivity index (χ3n) is 4.04. The zero-order valence-electron chi connectivity index (χ0n) is 10.9. The lowest BCUT2D eigenvalue weighted by Crippen LogP contribution is -2.57. The van der Waals surface area contributed by atoms with Gasteiger partial charge in [0.1, 0.15) is 6.10 Å². The molecule has 0 radical (unpaired) electrons. The molecule has 1 aromatic heterocycles. The number of aryl methyl sites for hydroxylation is 1. The van der Waals surface area contributed by atoms with Crippen molar-refractivity contribution in [3.8, 4) is 5.75 Å². The highest BCUT2D eigenvalue weighted by molar-refractivity contribution is 5.15. The van der Waals surface area contributed by atoms with Gasteiger partial charge in [0.05, 0.1) is 18.5 Å². The van der Waals surface area contributed by atoms with E-state index in [2.05, 4.69) is 25.9 Å². The Morgan fingerprint density at radius 1 is 1.59 bits per heavy atom. The fourth-order valence-electron chi connectivity index (χ4n) is 2.36.